The SMILES string of the molecule is Cc1cc(CN2CCC3(C2)c2ccccc2S(=O)(=O)N3CC2CC2)no1. The summed E-state index contributed by atoms with van der Waals surface area (Å²) in [5.74, 6) is 1.32. The van der Waals surface area contributed by atoms with Crippen LogP contribution in [0.1, 0.15) is 36.3 Å². The topological polar surface area (TPSA) is 66.7 Å². The van der Waals surface area contributed by atoms with E-state index in [0.29, 0.717) is 30.4 Å². The van der Waals surface area contributed by atoms with Crippen molar-refractivity contribution >= 4 is 10.0 Å². The molecular weight excluding hydrogens is 350 g/mol. The number of nitrogens with zero attached hydrogens (tertiary/aromatic N) is 3. The Labute approximate surface area is 153 Å². The summed E-state index contributed by atoms with van der Waals surface area (Å²) in [5.41, 5.74) is 1.44. The molecule has 2 aliphatic heterocycles. The summed E-state index contributed by atoms with van der Waals surface area (Å²) in [6.07, 6.45) is 3.10. The number of hydrogen-bond donors (Lipinski definition) is 0. The third kappa shape index (κ3) is 2.45. The van der Waals surface area contributed by atoms with Crippen molar-refractivity contribution < 1.29 is 12.9 Å². The highest BCUT2D eigenvalue weighted by atomic mass is 32.2. The molecule has 1 saturated carbocycles. The summed E-state index contributed by atoms with van der Waals surface area (Å²) in [6.45, 7) is 4.80. The highest BCUT2D eigenvalue weighted by Gasteiger charge is 2.57. The molecule has 5 rings (SSSR count). The molecule has 0 amide bonds. The van der Waals surface area contributed by atoms with E-state index in [0.717, 1.165) is 42.8 Å². The zero-order valence-electron chi connectivity index (χ0n) is 14.9. The molecule has 0 N–H and O–H groups in total. The predicted molar refractivity (Wildman–Crippen MR) is 95.9 cm³/mol. The maximum absolute atomic E-state index is 13.3. The second kappa shape index (κ2) is 5.65. The quantitative estimate of drug-likeness (QED) is 0.824. The molecule has 1 atom stereocenters. The monoisotopic (exact) mass is 373 g/mol. The van der Waals surface area contributed by atoms with Crippen molar-refractivity contribution in [2.45, 2.75) is 43.2 Å². The van der Waals surface area contributed by atoms with Crippen LogP contribution in [-0.4, -0.2) is 42.4 Å². The maximum Gasteiger partial charge on any atom is 0.244 e. The smallest absolute Gasteiger partial charge is 0.244 e. The number of sulfonamides is 1. The molecule has 138 valence electrons. The summed E-state index contributed by atoms with van der Waals surface area (Å²) in [6, 6.07) is 9.51. The van der Waals surface area contributed by atoms with E-state index in [4.69, 9.17) is 4.52 Å². The van der Waals surface area contributed by atoms with Crippen molar-refractivity contribution in [2.75, 3.05) is 19.6 Å². The van der Waals surface area contributed by atoms with Gasteiger partial charge in [0.05, 0.1) is 16.1 Å². The first-order chi connectivity index (χ1) is 12.5. The van der Waals surface area contributed by atoms with Crippen LogP contribution in [0.25, 0.3) is 0 Å². The predicted octanol–water partition coefficient (Wildman–Crippen LogP) is 2.50. The number of aryl methyl sites for hydroxylation is 1. The molecule has 1 spiro atoms. The van der Waals surface area contributed by atoms with Gasteiger partial charge in [-0.15, -0.1) is 0 Å². The number of hydrogen-bond acceptors (Lipinski definition) is 5. The minimum atomic E-state index is -3.41. The largest absolute Gasteiger partial charge is 0.361 e. The number of likely N-dealkylation sites (tertiary alicyclic amines) is 1. The first kappa shape index (κ1) is 16.5. The Balaban J connectivity index is 1.50. The molecule has 3 heterocycles. The molecule has 0 bridgehead atoms. The fourth-order valence-electron chi connectivity index (χ4n) is 4.52. The van der Waals surface area contributed by atoms with Crippen molar-refractivity contribution in [3.05, 3.63) is 47.3 Å². The Morgan fingerprint density at radius 3 is 2.85 bits per heavy atom. The normalized spacial score (nSPS) is 28.0. The van der Waals surface area contributed by atoms with Gasteiger partial charge in [-0.25, -0.2) is 8.42 Å². The van der Waals surface area contributed by atoms with Crippen LogP contribution >= 0.6 is 0 Å². The van der Waals surface area contributed by atoms with E-state index in [1.807, 2.05) is 35.5 Å². The molecule has 1 saturated heterocycles. The molecule has 3 aliphatic rings. The second-order valence-electron chi connectivity index (χ2n) is 7.90. The van der Waals surface area contributed by atoms with Crippen LogP contribution in [0.4, 0.5) is 0 Å². The lowest BCUT2D eigenvalue weighted by Gasteiger charge is -2.34. The van der Waals surface area contributed by atoms with Crippen molar-refractivity contribution in [3.63, 3.8) is 0 Å². The van der Waals surface area contributed by atoms with Crippen LogP contribution in [0.3, 0.4) is 0 Å². The van der Waals surface area contributed by atoms with E-state index >= 15 is 0 Å². The molecule has 2 fully saturated rings. The molecule has 1 aromatic carbocycles. The van der Waals surface area contributed by atoms with Crippen molar-refractivity contribution in [2.24, 2.45) is 5.92 Å². The molecule has 1 aliphatic carbocycles. The lowest BCUT2D eigenvalue weighted by Crippen LogP contribution is -2.46. The Hall–Kier alpha value is -1.70. The van der Waals surface area contributed by atoms with Crippen LogP contribution in [-0.2, 0) is 22.1 Å². The zero-order chi connectivity index (χ0) is 17.9. The molecule has 6 nitrogen and oxygen atoms in total. The van der Waals surface area contributed by atoms with Crippen LogP contribution in [0.5, 0.6) is 0 Å². The van der Waals surface area contributed by atoms with Crippen molar-refractivity contribution in [1.29, 1.82) is 0 Å². The maximum atomic E-state index is 13.3. The van der Waals surface area contributed by atoms with Gasteiger partial charge >= 0.3 is 0 Å². The van der Waals surface area contributed by atoms with E-state index in [-0.39, 0.29) is 0 Å². The van der Waals surface area contributed by atoms with Gasteiger partial charge in [0, 0.05) is 32.2 Å². The average Bonchev–Trinajstić information content (AvgIpc) is 3.17. The van der Waals surface area contributed by atoms with Gasteiger partial charge in [-0.1, -0.05) is 23.4 Å². The second-order valence-corrected chi connectivity index (χ2v) is 9.73. The number of benzene rings is 1. The van der Waals surface area contributed by atoms with Gasteiger partial charge in [-0.2, -0.15) is 4.31 Å². The molecule has 1 aromatic heterocycles. The van der Waals surface area contributed by atoms with Gasteiger partial charge in [0.1, 0.15) is 5.76 Å². The van der Waals surface area contributed by atoms with Gasteiger partial charge < -0.3 is 4.52 Å². The van der Waals surface area contributed by atoms with Crippen LogP contribution < -0.4 is 0 Å². The van der Waals surface area contributed by atoms with Gasteiger partial charge in [0.15, 0.2) is 0 Å². The van der Waals surface area contributed by atoms with E-state index in [1.165, 1.54) is 0 Å². The van der Waals surface area contributed by atoms with E-state index < -0.39 is 15.6 Å². The molecule has 1 unspecified atom stereocenters. The number of rotatable bonds is 4. The lowest BCUT2D eigenvalue weighted by atomic mass is 9.88. The molecule has 2 aromatic rings. The number of fused-ring (bicyclic) bond motifs is 2. The highest BCUT2D eigenvalue weighted by Crippen LogP contribution is 2.51. The molecule has 7 heteroatoms. The molecular formula is C19H23N3O3S. The minimum absolute atomic E-state index is 0.434. The summed E-state index contributed by atoms with van der Waals surface area (Å²) in [5, 5.41) is 4.10. The Morgan fingerprint density at radius 1 is 1.31 bits per heavy atom. The summed E-state index contributed by atoms with van der Waals surface area (Å²) in [7, 11) is -3.41. The van der Waals surface area contributed by atoms with Crippen molar-refractivity contribution in [3.8, 4) is 0 Å². The number of aromatic nitrogens is 1. The first-order valence-electron chi connectivity index (χ1n) is 9.26. The summed E-state index contributed by atoms with van der Waals surface area (Å²) < 4.78 is 33.5. The van der Waals surface area contributed by atoms with Crippen LogP contribution in [0.2, 0.25) is 0 Å². The average molecular weight is 373 g/mol. The van der Waals surface area contributed by atoms with E-state index in [1.54, 1.807) is 6.07 Å². The van der Waals surface area contributed by atoms with Gasteiger partial charge in [0.25, 0.3) is 0 Å². The Kier molecular flexibility index (Phi) is 3.58. The van der Waals surface area contributed by atoms with E-state index in [2.05, 4.69) is 10.1 Å². The lowest BCUT2D eigenvalue weighted by molar-refractivity contribution is 0.183. The third-order valence-electron chi connectivity index (χ3n) is 5.94. The first-order valence-corrected chi connectivity index (χ1v) is 10.7. The summed E-state index contributed by atoms with van der Waals surface area (Å²) >= 11 is 0. The van der Waals surface area contributed by atoms with Gasteiger partial charge in [-0.3, -0.25) is 4.90 Å². The third-order valence-corrected chi connectivity index (χ3v) is 7.93. The molecule has 26 heavy (non-hydrogen) atoms. The van der Waals surface area contributed by atoms with E-state index in [9.17, 15) is 8.42 Å². The Morgan fingerprint density at radius 2 is 2.12 bits per heavy atom. The Bertz CT molecular complexity index is 950. The van der Waals surface area contributed by atoms with Crippen molar-refractivity contribution in [1.82, 2.24) is 14.4 Å². The van der Waals surface area contributed by atoms with Crippen LogP contribution in [0.15, 0.2) is 39.8 Å². The fourth-order valence-corrected chi connectivity index (χ4v) is 6.66. The molecule has 0 radical (unpaired) electrons. The minimum Gasteiger partial charge on any atom is -0.361 e. The fraction of sp³-hybridized carbons (Fsp3) is 0.526. The standard InChI is InChI=1S/C19H23N3O3S/c1-14-10-16(20-25-14)12-21-9-8-19(13-21)17-4-2-3-5-18(17)26(23,24)22(19)11-15-6-7-15/h2-5,10,15H,6-9,11-13H2,1H3. The van der Waals surface area contributed by atoms with Gasteiger partial charge in [-0.05, 0) is 43.7 Å². The van der Waals surface area contributed by atoms with Gasteiger partial charge in [0.2, 0.25) is 10.0 Å². The van der Waals surface area contributed by atoms with Crippen LogP contribution in [0, 0.1) is 12.8 Å². The zero-order valence-corrected chi connectivity index (χ0v) is 15.7. The summed E-state index contributed by atoms with van der Waals surface area (Å²) in [4.78, 5) is 2.80. The highest BCUT2D eigenvalue weighted by molar-refractivity contribution is 7.89.